The van der Waals surface area contributed by atoms with Crippen LogP contribution in [-0.4, -0.2) is 58.6 Å². The summed E-state index contributed by atoms with van der Waals surface area (Å²) in [6.07, 6.45) is 0.270. The third-order valence-corrected chi connectivity index (χ3v) is 3.62. The van der Waals surface area contributed by atoms with Gasteiger partial charge in [0.25, 0.3) is 0 Å². The molecule has 3 amide bonds. The minimum absolute atomic E-state index is 0.0392. The second kappa shape index (κ2) is 10.1. The molecule has 9 nitrogen and oxygen atoms in total. The first-order chi connectivity index (χ1) is 11.8. The summed E-state index contributed by atoms with van der Waals surface area (Å²) >= 11 is 0. The number of rotatable bonds is 9. The van der Waals surface area contributed by atoms with Crippen LogP contribution in [-0.2, 0) is 19.2 Å². The molecule has 26 heavy (non-hydrogen) atoms. The Kier molecular flexibility index (Phi) is 9.26. The Hall–Kier alpha value is -2.16. The third-order valence-electron chi connectivity index (χ3n) is 3.62. The molecule has 0 bridgehead atoms. The van der Waals surface area contributed by atoms with Crippen molar-refractivity contribution in [3.63, 3.8) is 0 Å². The molecule has 0 fully saturated rings. The fourth-order valence-electron chi connectivity index (χ4n) is 2.31. The van der Waals surface area contributed by atoms with Gasteiger partial charge in [-0.2, -0.15) is 0 Å². The third kappa shape index (κ3) is 8.28. The zero-order valence-electron chi connectivity index (χ0n) is 16.3. The van der Waals surface area contributed by atoms with E-state index >= 15 is 0 Å². The first-order valence-corrected chi connectivity index (χ1v) is 8.51. The largest absolute Gasteiger partial charge is 0.480 e. The Morgan fingerprint density at radius 2 is 1.42 bits per heavy atom. The van der Waals surface area contributed by atoms with Crippen LogP contribution in [0, 0.1) is 11.3 Å². The van der Waals surface area contributed by atoms with Gasteiger partial charge in [0.05, 0.1) is 6.61 Å². The maximum Gasteiger partial charge on any atom is 0.326 e. The number of nitrogens with one attached hydrogen (secondary N) is 3. The van der Waals surface area contributed by atoms with E-state index in [-0.39, 0.29) is 12.3 Å². The number of carboxylic acid groups (broad SMARTS) is 1. The van der Waals surface area contributed by atoms with E-state index in [2.05, 4.69) is 16.0 Å². The molecule has 0 saturated carbocycles. The molecule has 0 aliphatic carbocycles. The molecule has 0 aromatic carbocycles. The van der Waals surface area contributed by atoms with E-state index in [4.69, 9.17) is 0 Å². The van der Waals surface area contributed by atoms with Gasteiger partial charge in [-0.25, -0.2) is 4.79 Å². The highest BCUT2D eigenvalue weighted by molar-refractivity contribution is 5.93. The van der Waals surface area contributed by atoms with Gasteiger partial charge in [0.15, 0.2) is 0 Å². The van der Waals surface area contributed by atoms with E-state index in [0.29, 0.717) is 0 Å². The van der Waals surface area contributed by atoms with Crippen LogP contribution in [0.4, 0.5) is 0 Å². The molecule has 9 heteroatoms. The molecule has 0 aliphatic rings. The van der Waals surface area contributed by atoms with Crippen LogP contribution in [0.1, 0.15) is 48.0 Å². The van der Waals surface area contributed by atoms with Crippen molar-refractivity contribution < 1.29 is 29.4 Å². The number of carbonyl (C=O) groups excluding carboxylic acids is 3. The minimum Gasteiger partial charge on any atom is -0.480 e. The fourth-order valence-corrected chi connectivity index (χ4v) is 2.31. The van der Waals surface area contributed by atoms with Gasteiger partial charge >= 0.3 is 5.97 Å². The number of hydrogen-bond donors (Lipinski definition) is 5. The summed E-state index contributed by atoms with van der Waals surface area (Å²) in [5, 5.41) is 25.8. The summed E-state index contributed by atoms with van der Waals surface area (Å²) < 4.78 is 0. The Morgan fingerprint density at radius 3 is 1.77 bits per heavy atom. The number of aliphatic hydroxyl groups is 1. The molecule has 5 N–H and O–H groups in total. The van der Waals surface area contributed by atoms with E-state index in [1.54, 1.807) is 20.8 Å². The lowest BCUT2D eigenvalue weighted by Crippen LogP contribution is -2.58. The molecule has 0 aliphatic heterocycles. The minimum atomic E-state index is -1.19. The molecule has 0 aromatic rings. The van der Waals surface area contributed by atoms with Gasteiger partial charge in [0.1, 0.15) is 18.1 Å². The van der Waals surface area contributed by atoms with Gasteiger partial charge in [0.2, 0.25) is 17.7 Å². The van der Waals surface area contributed by atoms with Gasteiger partial charge in [-0.3, -0.25) is 14.4 Å². The first kappa shape index (κ1) is 23.8. The van der Waals surface area contributed by atoms with Gasteiger partial charge in [-0.1, -0.05) is 34.6 Å². The van der Waals surface area contributed by atoms with Crippen LogP contribution < -0.4 is 16.0 Å². The summed E-state index contributed by atoms with van der Waals surface area (Å²) in [5.41, 5.74) is -0.725. The van der Waals surface area contributed by atoms with Gasteiger partial charge < -0.3 is 26.2 Å². The van der Waals surface area contributed by atoms with Crippen molar-refractivity contribution in [1.82, 2.24) is 16.0 Å². The van der Waals surface area contributed by atoms with E-state index in [0.717, 1.165) is 0 Å². The normalized spacial score (nSPS) is 14.9. The first-order valence-electron chi connectivity index (χ1n) is 8.51. The van der Waals surface area contributed by atoms with Crippen molar-refractivity contribution in [1.29, 1.82) is 0 Å². The number of hydrogen-bond acceptors (Lipinski definition) is 5. The van der Waals surface area contributed by atoms with E-state index in [1.165, 1.54) is 6.92 Å². The molecule has 0 heterocycles. The number of aliphatic hydroxyl groups excluding tert-OH is 1. The molecule has 0 unspecified atom stereocenters. The summed E-state index contributed by atoms with van der Waals surface area (Å²) in [7, 11) is 0. The van der Waals surface area contributed by atoms with Crippen molar-refractivity contribution in [3.8, 4) is 0 Å². The fraction of sp³-hybridized carbons (Fsp3) is 0.765. The molecule has 3 atom stereocenters. The number of carbonyl (C=O) groups is 4. The molecule has 0 aromatic heterocycles. The van der Waals surface area contributed by atoms with Crippen molar-refractivity contribution in [2.75, 3.05) is 6.61 Å². The molecule has 0 radical (unpaired) electrons. The zero-order valence-corrected chi connectivity index (χ0v) is 16.3. The molecule has 0 spiro atoms. The molecule has 0 saturated heterocycles. The second-order valence-corrected chi connectivity index (χ2v) is 7.77. The van der Waals surface area contributed by atoms with Gasteiger partial charge in [-0.05, 0) is 17.8 Å². The standard InChI is InChI=1S/C17H31N3O6/c1-9(2)7-11(19-15(24)12(8-21)18-10(3)22)14(23)20-13(16(25)26)17(4,5)6/h9,11-13,21H,7-8H2,1-6H3,(H,18,22)(H,19,24)(H,20,23)(H,25,26)/t11-,12-,13+/m0/s1. The molecule has 150 valence electrons. The topological polar surface area (TPSA) is 145 Å². The monoisotopic (exact) mass is 373 g/mol. The molecular formula is C17H31N3O6. The smallest absolute Gasteiger partial charge is 0.326 e. The number of aliphatic carboxylic acids is 1. The lowest BCUT2D eigenvalue weighted by Gasteiger charge is -2.30. The quantitative estimate of drug-likeness (QED) is 0.373. The van der Waals surface area contributed by atoms with Crippen molar-refractivity contribution in [3.05, 3.63) is 0 Å². The van der Waals surface area contributed by atoms with Crippen LogP contribution >= 0.6 is 0 Å². The Morgan fingerprint density at radius 1 is 0.923 bits per heavy atom. The lowest BCUT2D eigenvalue weighted by molar-refractivity contribution is -0.145. The van der Waals surface area contributed by atoms with Crippen LogP contribution in [0.15, 0.2) is 0 Å². The number of carboxylic acids is 1. The molecule has 0 rings (SSSR count). The Bertz CT molecular complexity index is 527. The zero-order chi connectivity index (χ0) is 20.7. The van der Waals surface area contributed by atoms with Gasteiger partial charge in [-0.15, -0.1) is 0 Å². The highest BCUT2D eigenvalue weighted by Crippen LogP contribution is 2.20. The number of amides is 3. The summed E-state index contributed by atoms with van der Waals surface area (Å²) in [6.45, 7) is 9.32. The maximum absolute atomic E-state index is 12.6. The van der Waals surface area contributed by atoms with E-state index in [1.807, 2.05) is 13.8 Å². The van der Waals surface area contributed by atoms with E-state index < -0.39 is 53.8 Å². The molecular weight excluding hydrogens is 342 g/mol. The van der Waals surface area contributed by atoms with Crippen molar-refractivity contribution in [2.24, 2.45) is 11.3 Å². The van der Waals surface area contributed by atoms with Crippen LogP contribution in [0.25, 0.3) is 0 Å². The predicted octanol–water partition coefficient (Wildman–Crippen LogP) is -0.370. The lowest BCUT2D eigenvalue weighted by atomic mass is 9.86. The van der Waals surface area contributed by atoms with Crippen LogP contribution in [0.5, 0.6) is 0 Å². The summed E-state index contributed by atoms with van der Waals surface area (Å²) in [6, 6.07) is -3.31. The Labute approximate surface area is 153 Å². The summed E-state index contributed by atoms with van der Waals surface area (Å²) in [5.74, 6) is -2.98. The van der Waals surface area contributed by atoms with Crippen molar-refractivity contribution >= 4 is 23.7 Å². The summed E-state index contributed by atoms with van der Waals surface area (Å²) in [4.78, 5) is 47.4. The van der Waals surface area contributed by atoms with Gasteiger partial charge in [0, 0.05) is 6.92 Å². The highest BCUT2D eigenvalue weighted by Gasteiger charge is 2.35. The van der Waals surface area contributed by atoms with Crippen LogP contribution in [0.2, 0.25) is 0 Å². The van der Waals surface area contributed by atoms with E-state index in [9.17, 15) is 29.4 Å². The van der Waals surface area contributed by atoms with Crippen molar-refractivity contribution in [2.45, 2.75) is 66.1 Å². The Balaban J connectivity index is 5.29. The predicted molar refractivity (Wildman–Crippen MR) is 95.1 cm³/mol. The SMILES string of the molecule is CC(=O)N[C@@H](CO)C(=O)N[C@@H](CC(C)C)C(=O)N[C@H](C(=O)O)C(C)(C)C. The average molecular weight is 373 g/mol. The maximum atomic E-state index is 12.6. The second-order valence-electron chi connectivity index (χ2n) is 7.77. The van der Waals surface area contributed by atoms with Crippen LogP contribution in [0.3, 0.4) is 0 Å². The average Bonchev–Trinajstić information content (AvgIpc) is 2.46. The highest BCUT2D eigenvalue weighted by atomic mass is 16.4.